The SMILES string of the molecule is Cc1c(O)cccc1NC(=O)c1cccn1C. The van der Waals surface area contributed by atoms with Crippen molar-refractivity contribution in [2.75, 3.05) is 5.32 Å². The summed E-state index contributed by atoms with van der Waals surface area (Å²) in [6, 6.07) is 8.60. The Hall–Kier alpha value is -2.23. The van der Waals surface area contributed by atoms with Crippen LogP contribution in [-0.2, 0) is 7.05 Å². The number of phenols is 1. The Morgan fingerprint density at radius 1 is 1.29 bits per heavy atom. The Morgan fingerprint density at radius 2 is 2.06 bits per heavy atom. The van der Waals surface area contributed by atoms with Crippen LogP contribution >= 0.6 is 0 Å². The van der Waals surface area contributed by atoms with Crippen LogP contribution in [0.5, 0.6) is 5.75 Å². The number of aromatic nitrogens is 1. The van der Waals surface area contributed by atoms with Crippen molar-refractivity contribution in [2.24, 2.45) is 7.05 Å². The van der Waals surface area contributed by atoms with Crippen LogP contribution in [0.4, 0.5) is 5.69 Å². The van der Waals surface area contributed by atoms with Crippen LogP contribution in [0, 0.1) is 6.92 Å². The van der Waals surface area contributed by atoms with Crippen LogP contribution < -0.4 is 5.32 Å². The molecule has 2 aromatic rings. The number of nitrogens with one attached hydrogen (secondary N) is 1. The maximum Gasteiger partial charge on any atom is 0.272 e. The van der Waals surface area contributed by atoms with Crippen molar-refractivity contribution in [3.63, 3.8) is 0 Å². The van der Waals surface area contributed by atoms with Crippen LogP contribution in [0.1, 0.15) is 16.1 Å². The van der Waals surface area contributed by atoms with E-state index in [1.807, 2.05) is 19.3 Å². The summed E-state index contributed by atoms with van der Waals surface area (Å²) in [6.45, 7) is 1.76. The zero-order chi connectivity index (χ0) is 12.4. The highest BCUT2D eigenvalue weighted by Crippen LogP contribution is 2.24. The highest BCUT2D eigenvalue weighted by molar-refractivity contribution is 6.03. The first-order valence-electron chi connectivity index (χ1n) is 5.31. The van der Waals surface area contributed by atoms with Gasteiger partial charge in [0.25, 0.3) is 5.91 Å². The Morgan fingerprint density at radius 3 is 2.71 bits per heavy atom. The average molecular weight is 230 g/mol. The summed E-state index contributed by atoms with van der Waals surface area (Å²) < 4.78 is 1.74. The predicted octanol–water partition coefficient (Wildman–Crippen LogP) is 2.29. The quantitative estimate of drug-likeness (QED) is 0.831. The van der Waals surface area contributed by atoms with Gasteiger partial charge in [-0.2, -0.15) is 0 Å². The smallest absolute Gasteiger partial charge is 0.272 e. The lowest BCUT2D eigenvalue weighted by atomic mass is 10.2. The molecule has 0 radical (unpaired) electrons. The molecule has 0 bridgehead atoms. The third-order valence-electron chi connectivity index (χ3n) is 2.73. The molecular formula is C13H14N2O2. The number of hydrogen-bond acceptors (Lipinski definition) is 2. The molecule has 2 N–H and O–H groups in total. The number of anilines is 1. The van der Waals surface area contributed by atoms with Gasteiger partial charge in [0.1, 0.15) is 11.4 Å². The van der Waals surface area contributed by atoms with Gasteiger partial charge in [-0.1, -0.05) is 6.07 Å². The van der Waals surface area contributed by atoms with Gasteiger partial charge in [0.15, 0.2) is 0 Å². The summed E-state index contributed by atoms with van der Waals surface area (Å²) in [6.07, 6.45) is 1.81. The van der Waals surface area contributed by atoms with E-state index < -0.39 is 0 Å². The Bertz CT molecular complexity index is 558. The molecule has 1 amide bonds. The molecule has 0 saturated heterocycles. The van der Waals surface area contributed by atoms with Crippen molar-refractivity contribution in [1.82, 2.24) is 4.57 Å². The molecule has 0 unspecified atom stereocenters. The van der Waals surface area contributed by atoms with Crippen LogP contribution in [0.15, 0.2) is 36.5 Å². The zero-order valence-electron chi connectivity index (χ0n) is 9.77. The van der Waals surface area contributed by atoms with Crippen molar-refractivity contribution in [3.05, 3.63) is 47.8 Å². The number of carbonyl (C=O) groups excluding carboxylic acids is 1. The minimum Gasteiger partial charge on any atom is -0.508 e. The molecule has 88 valence electrons. The van der Waals surface area contributed by atoms with Gasteiger partial charge < -0.3 is 15.0 Å². The molecule has 17 heavy (non-hydrogen) atoms. The van der Waals surface area contributed by atoms with E-state index in [1.165, 1.54) is 0 Å². The number of amides is 1. The molecule has 4 heteroatoms. The molecule has 0 fully saturated rings. The molecular weight excluding hydrogens is 216 g/mol. The molecule has 2 rings (SSSR count). The second-order valence-electron chi connectivity index (χ2n) is 3.91. The van der Waals surface area contributed by atoms with Gasteiger partial charge in [0.05, 0.1) is 0 Å². The van der Waals surface area contributed by atoms with Crippen LogP contribution in [0.2, 0.25) is 0 Å². The molecule has 4 nitrogen and oxygen atoms in total. The van der Waals surface area contributed by atoms with Gasteiger partial charge >= 0.3 is 0 Å². The van der Waals surface area contributed by atoms with E-state index in [-0.39, 0.29) is 11.7 Å². The largest absolute Gasteiger partial charge is 0.508 e. The maximum absolute atomic E-state index is 11.9. The highest BCUT2D eigenvalue weighted by atomic mass is 16.3. The molecule has 1 aromatic heterocycles. The van der Waals surface area contributed by atoms with E-state index in [9.17, 15) is 9.90 Å². The lowest BCUT2D eigenvalue weighted by Crippen LogP contribution is -2.15. The third-order valence-corrected chi connectivity index (χ3v) is 2.73. The second-order valence-corrected chi connectivity index (χ2v) is 3.91. The Labute approximate surface area is 99.5 Å². The molecule has 1 heterocycles. The summed E-state index contributed by atoms with van der Waals surface area (Å²) in [5.41, 5.74) is 1.86. The number of hydrogen-bond donors (Lipinski definition) is 2. The molecule has 0 aliphatic heterocycles. The van der Waals surface area contributed by atoms with Gasteiger partial charge in [-0.05, 0) is 31.2 Å². The van der Waals surface area contributed by atoms with E-state index in [0.29, 0.717) is 16.9 Å². The number of carbonyl (C=O) groups is 1. The topological polar surface area (TPSA) is 54.3 Å². The minimum absolute atomic E-state index is 0.176. The second kappa shape index (κ2) is 4.33. The van der Waals surface area contributed by atoms with Crippen molar-refractivity contribution in [3.8, 4) is 5.75 Å². The van der Waals surface area contributed by atoms with Gasteiger partial charge in [-0.15, -0.1) is 0 Å². The number of nitrogens with zero attached hydrogens (tertiary/aromatic N) is 1. The van der Waals surface area contributed by atoms with Crippen LogP contribution in [0.3, 0.4) is 0 Å². The van der Waals surface area contributed by atoms with Gasteiger partial charge in [-0.25, -0.2) is 0 Å². The minimum atomic E-state index is -0.189. The number of phenolic OH excluding ortho intramolecular Hbond substituents is 1. The van der Waals surface area contributed by atoms with Gasteiger partial charge in [0, 0.05) is 24.5 Å². The number of aryl methyl sites for hydroxylation is 1. The van der Waals surface area contributed by atoms with Crippen molar-refractivity contribution in [2.45, 2.75) is 6.92 Å². The van der Waals surface area contributed by atoms with Gasteiger partial charge in [-0.3, -0.25) is 4.79 Å². The first-order chi connectivity index (χ1) is 8.09. The van der Waals surface area contributed by atoms with Crippen LogP contribution in [0.25, 0.3) is 0 Å². The summed E-state index contributed by atoms with van der Waals surface area (Å²) in [7, 11) is 1.81. The van der Waals surface area contributed by atoms with E-state index in [1.54, 1.807) is 35.8 Å². The Kier molecular flexibility index (Phi) is 2.87. The molecule has 0 spiro atoms. The lowest BCUT2D eigenvalue weighted by molar-refractivity contribution is 0.101. The Balaban J connectivity index is 2.25. The fourth-order valence-corrected chi connectivity index (χ4v) is 1.64. The van der Waals surface area contributed by atoms with Crippen LogP contribution in [-0.4, -0.2) is 15.6 Å². The maximum atomic E-state index is 11.9. The third kappa shape index (κ3) is 2.15. The summed E-state index contributed by atoms with van der Waals surface area (Å²) in [5, 5.41) is 12.3. The monoisotopic (exact) mass is 230 g/mol. The molecule has 0 aliphatic rings. The average Bonchev–Trinajstić information content (AvgIpc) is 2.71. The summed E-state index contributed by atoms with van der Waals surface area (Å²) >= 11 is 0. The first-order valence-corrected chi connectivity index (χ1v) is 5.31. The highest BCUT2D eigenvalue weighted by Gasteiger charge is 2.11. The summed E-state index contributed by atoms with van der Waals surface area (Å²) in [5.74, 6) is -0.0131. The van der Waals surface area contributed by atoms with E-state index in [4.69, 9.17) is 0 Å². The molecule has 0 atom stereocenters. The first kappa shape index (κ1) is 11.3. The standard InChI is InChI=1S/C13H14N2O2/c1-9-10(5-3-7-12(9)16)14-13(17)11-6-4-8-15(11)2/h3-8,16H,1-2H3,(H,14,17). The summed E-state index contributed by atoms with van der Waals surface area (Å²) in [4.78, 5) is 11.9. The van der Waals surface area contributed by atoms with Crippen molar-refractivity contribution < 1.29 is 9.90 Å². The molecule has 0 saturated carbocycles. The lowest BCUT2D eigenvalue weighted by Gasteiger charge is -2.09. The van der Waals surface area contributed by atoms with E-state index in [2.05, 4.69) is 5.32 Å². The van der Waals surface area contributed by atoms with E-state index in [0.717, 1.165) is 0 Å². The van der Waals surface area contributed by atoms with E-state index >= 15 is 0 Å². The molecule has 0 aliphatic carbocycles. The van der Waals surface area contributed by atoms with Gasteiger partial charge in [0.2, 0.25) is 0 Å². The number of rotatable bonds is 2. The van der Waals surface area contributed by atoms with Crippen molar-refractivity contribution in [1.29, 1.82) is 0 Å². The number of benzene rings is 1. The molecule has 1 aromatic carbocycles. The fraction of sp³-hybridized carbons (Fsp3) is 0.154. The fourth-order valence-electron chi connectivity index (χ4n) is 1.64. The van der Waals surface area contributed by atoms with Crippen molar-refractivity contribution >= 4 is 11.6 Å². The predicted molar refractivity (Wildman–Crippen MR) is 66.2 cm³/mol. The normalized spacial score (nSPS) is 10.2. The zero-order valence-corrected chi connectivity index (χ0v) is 9.77. The number of aromatic hydroxyl groups is 1.